The molecule has 13 nitrogen and oxygen atoms in total. The zero-order valence-electron chi connectivity index (χ0n) is 26.1. The Balaban J connectivity index is 1.48. The van der Waals surface area contributed by atoms with Crippen molar-refractivity contribution in [2.75, 3.05) is 36.8 Å². The molecule has 2 aliphatic carbocycles. The summed E-state index contributed by atoms with van der Waals surface area (Å²) >= 11 is 2.17. The van der Waals surface area contributed by atoms with Crippen molar-refractivity contribution in [3.63, 3.8) is 0 Å². The molecule has 0 aliphatic heterocycles. The third kappa shape index (κ3) is 8.03. The molecule has 2 aromatic rings. The number of nitrogens with zero attached hydrogens (tertiary/aromatic N) is 4. The lowest BCUT2D eigenvalue weighted by molar-refractivity contribution is -0.131. The normalized spacial score (nSPS) is 24.7. The maximum absolute atomic E-state index is 14.0. The second kappa shape index (κ2) is 13.6. The molecule has 0 aromatic carbocycles. The van der Waals surface area contributed by atoms with Gasteiger partial charge in [-0.15, -0.1) is 0 Å². The summed E-state index contributed by atoms with van der Waals surface area (Å²) in [6.45, 7) is 10.9. The Morgan fingerprint density at radius 3 is 2.11 bits per heavy atom. The van der Waals surface area contributed by atoms with Crippen LogP contribution < -0.4 is 5.73 Å². The second-order valence-corrected chi connectivity index (χ2v) is 17.5. The first-order valence-electron chi connectivity index (χ1n) is 14.6. The van der Waals surface area contributed by atoms with Crippen molar-refractivity contribution >= 4 is 58.3 Å². The van der Waals surface area contributed by atoms with Crippen molar-refractivity contribution < 1.29 is 38.2 Å². The first-order valence-corrected chi connectivity index (χ1v) is 18.3. The number of rotatable bonds is 13. The fourth-order valence-corrected chi connectivity index (χ4v) is 8.23. The summed E-state index contributed by atoms with van der Waals surface area (Å²) in [4.78, 5) is 37.2. The molecule has 4 rings (SSSR count). The predicted molar refractivity (Wildman–Crippen MR) is 170 cm³/mol. The van der Waals surface area contributed by atoms with Gasteiger partial charge in [0.2, 0.25) is 0 Å². The zero-order chi connectivity index (χ0) is 32.5. The zero-order valence-corrected chi connectivity index (χ0v) is 28.6. The highest BCUT2D eigenvalue weighted by molar-refractivity contribution is 8.14. The molecule has 4 N–H and O–H groups in total. The number of hydrogen-bond donors (Lipinski definition) is 3. The van der Waals surface area contributed by atoms with Crippen LogP contribution in [0, 0.1) is 16.7 Å². The van der Waals surface area contributed by atoms with Crippen LogP contribution in [0.5, 0.6) is 0 Å². The number of fused-ring (bicyclic) bond motifs is 1. The van der Waals surface area contributed by atoms with E-state index in [0.717, 1.165) is 36.4 Å². The van der Waals surface area contributed by atoms with Gasteiger partial charge in [-0.05, 0) is 18.8 Å². The van der Waals surface area contributed by atoms with E-state index < -0.39 is 48.6 Å². The van der Waals surface area contributed by atoms with Crippen molar-refractivity contribution in [3.05, 3.63) is 12.7 Å². The van der Waals surface area contributed by atoms with Crippen molar-refractivity contribution in [2.24, 2.45) is 16.7 Å². The van der Waals surface area contributed by atoms with Crippen molar-refractivity contribution in [1.82, 2.24) is 19.5 Å². The summed E-state index contributed by atoms with van der Waals surface area (Å²) in [6, 6.07) is -0.647. The molecular weight excluding hydrogens is 629 g/mol. The van der Waals surface area contributed by atoms with Gasteiger partial charge in [-0.25, -0.2) is 15.0 Å². The average Bonchev–Trinajstić information content (AvgIpc) is 3.66. The smallest absolute Gasteiger partial charge is 0.356 e. The molecule has 2 saturated carbocycles. The summed E-state index contributed by atoms with van der Waals surface area (Å²) in [5, 5.41) is 22.6. The molecule has 246 valence electrons. The van der Waals surface area contributed by atoms with Crippen LogP contribution in [0.2, 0.25) is 0 Å². The van der Waals surface area contributed by atoms with Gasteiger partial charge in [0.1, 0.15) is 36.0 Å². The van der Waals surface area contributed by atoms with Crippen LogP contribution in [0.25, 0.3) is 11.2 Å². The number of aromatic nitrogens is 4. The van der Waals surface area contributed by atoms with Gasteiger partial charge in [-0.1, -0.05) is 65.1 Å². The molecule has 4 atom stereocenters. The summed E-state index contributed by atoms with van der Waals surface area (Å²) in [6.07, 6.45) is 1.53. The van der Waals surface area contributed by atoms with E-state index in [9.17, 15) is 24.4 Å². The first-order chi connectivity index (χ1) is 20.5. The number of carbonyl (C=O) groups excluding carboxylic acids is 2. The molecule has 44 heavy (non-hydrogen) atoms. The number of carbonyl (C=O) groups is 2. The quantitative estimate of drug-likeness (QED) is 0.204. The average molecular weight is 674 g/mol. The van der Waals surface area contributed by atoms with Gasteiger partial charge in [-0.3, -0.25) is 14.2 Å². The van der Waals surface area contributed by atoms with Crippen LogP contribution in [-0.4, -0.2) is 88.8 Å². The second-order valence-electron chi connectivity index (χ2n) is 13.3. The van der Waals surface area contributed by atoms with Crippen LogP contribution in [0.3, 0.4) is 0 Å². The number of hydrogen-bond acceptors (Lipinski definition) is 14. The summed E-state index contributed by atoms with van der Waals surface area (Å²) < 4.78 is 33.5. The van der Waals surface area contributed by atoms with E-state index in [1.807, 2.05) is 41.5 Å². The summed E-state index contributed by atoms with van der Waals surface area (Å²) in [5.74, 6) is 0.638. The third-order valence-corrected chi connectivity index (χ3v) is 11.8. The Morgan fingerprint density at radius 2 is 1.59 bits per heavy atom. The van der Waals surface area contributed by atoms with E-state index in [1.54, 1.807) is 4.57 Å². The van der Waals surface area contributed by atoms with Crippen molar-refractivity contribution in [1.29, 1.82) is 0 Å². The largest absolute Gasteiger partial charge is 0.388 e. The standard InChI is InChI=1S/C28H44N5O8PS2/c1-26(2,3)24(36)43-11-9-40-42(38,41-10-12-44-25(37)27(4,5)6)16-39-28(17-7-8-17)13-18(20(34)21(28)35)33-15-32-19-22(29)30-14-31-23(19)33/h14-15,17-18,20-21,34-35H,7-13,16H2,1-6H3,(H2,29,30,31)/t18-,20+,21+,28-/m1/s1. The molecule has 0 spiro atoms. The van der Waals surface area contributed by atoms with Crippen LogP contribution in [-0.2, 0) is 27.9 Å². The fraction of sp³-hybridized carbons (Fsp3) is 0.750. The minimum absolute atomic E-state index is 0.0222. The molecule has 0 saturated heterocycles. The molecule has 2 heterocycles. The monoisotopic (exact) mass is 673 g/mol. The Labute approximate surface area is 266 Å². The predicted octanol–water partition coefficient (Wildman–Crippen LogP) is 4.04. The van der Waals surface area contributed by atoms with Gasteiger partial charge in [0.25, 0.3) is 0 Å². The molecule has 0 unspecified atom stereocenters. The molecule has 2 aromatic heterocycles. The van der Waals surface area contributed by atoms with Gasteiger partial charge in [0, 0.05) is 28.8 Å². The number of aliphatic hydroxyl groups excluding tert-OH is 2. The number of imidazole rings is 1. The van der Waals surface area contributed by atoms with E-state index in [2.05, 4.69) is 15.0 Å². The lowest BCUT2D eigenvalue weighted by atomic mass is 9.93. The Bertz CT molecular complexity index is 1350. The number of ether oxygens (including phenoxy) is 1. The number of nitrogen functional groups attached to an aromatic ring is 1. The highest BCUT2D eigenvalue weighted by Gasteiger charge is 2.61. The Kier molecular flexibility index (Phi) is 10.9. The number of thioether (sulfide) groups is 2. The van der Waals surface area contributed by atoms with E-state index in [1.165, 1.54) is 12.7 Å². The lowest BCUT2D eigenvalue weighted by Crippen LogP contribution is -2.46. The molecular formula is C28H44N5O8PS2. The summed E-state index contributed by atoms with van der Waals surface area (Å²) in [5.41, 5.74) is 4.46. The number of aliphatic hydroxyl groups is 2. The first kappa shape index (κ1) is 35.3. The van der Waals surface area contributed by atoms with Gasteiger partial charge in [0.05, 0.1) is 25.6 Å². The van der Waals surface area contributed by atoms with Gasteiger partial charge >= 0.3 is 7.60 Å². The Morgan fingerprint density at radius 1 is 1.02 bits per heavy atom. The van der Waals surface area contributed by atoms with Crippen LogP contribution in [0.4, 0.5) is 5.82 Å². The highest BCUT2D eigenvalue weighted by Crippen LogP contribution is 2.57. The highest BCUT2D eigenvalue weighted by atomic mass is 32.2. The number of anilines is 1. The van der Waals surface area contributed by atoms with Gasteiger partial charge in [-0.2, -0.15) is 0 Å². The van der Waals surface area contributed by atoms with E-state index >= 15 is 0 Å². The van der Waals surface area contributed by atoms with Gasteiger partial charge < -0.3 is 34.3 Å². The maximum atomic E-state index is 14.0. The fourth-order valence-electron chi connectivity index (χ4n) is 5.05. The van der Waals surface area contributed by atoms with E-state index in [0.29, 0.717) is 11.2 Å². The third-order valence-electron chi connectivity index (χ3n) is 7.68. The van der Waals surface area contributed by atoms with Crippen LogP contribution in [0.15, 0.2) is 12.7 Å². The van der Waals surface area contributed by atoms with E-state index in [-0.39, 0.29) is 53.1 Å². The molecule has 16 heteroatoms. The van der Waals surface area contributed by atoms with E-state index in [4.69, 9.17) is 19.5 Å². The van der Waals surface area contributed by atoms with Crippen LogP contribution >= 0.6 is 31.1 Å². The lowest BCUT2D eigenvalue weighted by Gasteiger charge is -2.34. The molecule has 0 bridgehead atoms. The van der Waals surface area contributed by atoms with Gasteiger partial charge in [0.15, 0.2) is 21.7 Å². The number of nitrogens with two attached hydrogens (primary N) is 1. The summed E-state index contributed by atoms with van der Waals surface area (Å²) in [7, 11) is -3.92. The Hall–Kier alpha value is -1.58. The minimum atomic E-state index is -3.92. The maximum Gasteiger partial charge on any atom is 0.356 e. The SMILES string of the molecule is CC(C)(C)C(=O)SCCOP(=O)(CO[C@@]1(C2CC2)C[C@@H](n2cnc3c(N)ncnc32)[C@H](O)[C@@H]1O)OCCSC(=O)C(C)(C)C. The van der Waals surface area contributed by atoms with Crippen LogP contribution in [0.1, 0.15) is 66.8 Å². The molecule has 0 radical (unpaired) electrons. The minimum Gasteiger partial charge on any atom is -0.388 e. The topological polar surface area (TPSA) is 189 Å². The molecule has 0 amide bonds. The molecule has 2 aliphatic rings. The van der Waals surface area contributed by atoms with Crippen molar-refractivity contribution in [2.45, 2.75) is 84.7 Å². The molecule has 2 fully saturated rings. The van der Waals surface area contributed by atoms with Crippen molar-refractivity contribution in [3.8, 4) is 0 Å².